The lowest BCUT2D eigenvalue weighted by Crippen LogP contribution is -2.44. The Bertz CT molecular complexity index is 896. The number of para-hydroxylation sites is 1. The molecule has 0 radical (unpaired) electrons. The SMILES string of the molecule is O=C(NC1CCC(C(=O)N2CCC[C@@H]2CO)CC1)c1ccccc1-n1cncn1.O=CO. The molecule has 3 N–H and O–H groups in total. The first-order valence-electron chi connectivity index (χ1n) is 10.8. The number of carbonyl (C=O) groups excluding carboxylic acids is 2. The summed E-state index contributed by atoms with van der Waals surface area (Å²) in [5.41, 5.74) is 1.24. The van der Waals surface area contributed by atoms with Gasteiger partial charge in [-0.2, -0.15) is 5.10 Å². The fourth-order valence-corrected chi connectivity index (χ4v) is 4.50. The average molecular weight is 444 g/mol. The first-order chi connectivity index (χ1) is 15.6. The van der Waals surface area contributed by atoms with E-state index in [1.54, 1.807) is 17.1 Å². The van der Waals surface area contributed by atoms with Gasteiger partial charge in [-0.25, -0.2) is 9.67 Å². The topological polar surface area (TPSA) is 138 Å². The molecule has 1 saturated heterocycles. The Morgan fingerprint density at radius 3 is 2.53 bits per heavy atom. The van der Waals surface area contributed by atoms with E-state index in [0.29, 0.717) is 11.3 Å². The van der Waals surface area contributed by atoms with Crippen LogP contribution in [0.25, 0.3) is 5.69 Å². The molecule has 10 heteroatoms. The molecule has 2 aromatic rings. The van der Waals surface area contributed by atoms with E-state index in [0.717, 1.165) is 45.1 Å². The summed E-state index contributed by atoms with van der Waals surface area (Å²) in [6.07, 6.45) is 7.96. The Morgan fingerprint density at radius 2 is 1.88 bits per heavy atom. The van der Waals surface area contributed by atoms with Crippen molar-refractivity contribution in [3.8, 4) is 5.69 Å². The summed E-state index contributed by atoms with van der Waals surface area (Å²) in [6.45, 7) is 0.544. The van der Waals surface area contributed by atoms with Crippen LogP contribution in [-0.4, -0.2) is 73.4 Å². The summed E-state index contributed by atoms with van der Waals surface area (Å²) < 4.78 is 1.58. The van der Waals surface area contributed by atoms with Gasteiger partial charge in [0.25, 0.3) is 12.4 Å². The molecular weight excluding hydrogens is 414 g/mol. The highest BCUT2D eigenvalue weighted by molar-refractivity contribution is 5.97. The maximum atomic E-state index is 12.9. The molecule has 1 aliphatic heterocycles. The molecule has 1 aromatic carbocycles. The van der Waals surface area contributed by atoms with Gasteiger partial charge in [0.05, 0.1) is 23.9 Å². The van der Waals surface area contributed by atoms with Crippen molar-refractivity contribution in [2.24, 2.45) is 5.92 Å². The monoisotopic (exact) mass is 443 g/mol. The second-order valence-electron chi connectivity index (χ2n) is 7.99. The number of amides is 2. The minimum Gasteiger partial charge on any atom is -0.483 e. The Kier molecular flexibility index (Phi) is 8.32. The van der Waals surface area contributed by atoms with Crippen LogP contribution in [0.1, 0.15) is 48.9 Å². The van der Waals surface area contributed by atoms with Crippen LogP contribution in [0.2, 0.25) is 0 Å². The van der Waals surface area contributed by atoms with E-state index in [9.17, 15) is 14.7 Å². The van der Waals surface area contributed by atoms with Crippen LogP contribution in [0.5, 0.6) is 0 Å². The molecule has 4 rings (SSSR count). The number of nitrogens with one attached hydrogen (secondary N) is 1. The summed E-state index contributed by atoms with van der Waals surface area (Å²) in [6, 6.07) is 7.36. The second-order valence-corrected chi connectivity index (χ2v) is 7.99. The number of benzene rings is 1. The number of rotatable bonds is 5. The van der Waals surface area contributed by atoms with Crippen molar-refractivity contribution in [2.45, 2.75) is 50.6 Å². The summed E-state index contributed by atoms with van der Waals surface area (Å²) >= 11 is 0. The first kappa shape index (κ1) is 23.4. The molecule has 0 unspecified atom stereocenters. The number of aliphatic hydroxyl groups excluding tert-OH is 1. The molecule has 2 heterocycles. The van der Waals surface area contributed by atoms with Crippen LogP contribution in [0.4, 0.5) is 0 Å². The predicted octanol–water partition coefficient (Wildman–Crippen LogP) is 1.24. The number of aromatic nitrogens is 3. The normalized spacial score (nSPS) is 22.5. The van der Waals surface area contributed by atoms with E-state index < -0.39 is 0 Å². The smallest absolute Gasteiger partial charge is 0.290 e. The van der Waals surface area contributed by atoms with E-state index in [1.807, 2.05) is 23.1 Å². The van der Waals surface area contributed by atoms with Gasteiger partial charge in [0, 0.05) is 18.5 Å². The molecule has 1 saturated carbocycles. The molecule has 32 heavy (non-hydrogen) atoms. The minimum atomic E-state index is -0.250. The number of hydrogen-bond donors (Lipinski definition) is 3. The number of aliphatic hydroxyl groups is 1. The molecule has 10 nitrogen and oxygen atoms in total. The Morgan fingerprint density at radius 1 is 1.16 bits per heavy atom. The molecule has 0 bridgehead atoms. The summed E-state index contributed by atoms with van der Waals surface area (Å²) in [7, 11) is 0. The van der Waals surface area contributed by atoms with Gasteiger partial charge in [0.15, 0.2) is 0 Å². The Labute approximate surface area is 186 Å². The number of likely N-dealkylation sites (tertiary alicyclic amines) is 1. The van der Waals surface area contributed by atoms with Crippen LogP contribution in [0.15, 0.2) is 36.9 Å². The van der Waals surface area contributed by atoms with Gasteiger partial charge in [0.1, 0.15) is 12.7 Å². The summed E-state index contributed by atoms with van der Waals surface area (Å²) in [4.78, 5) is 39.8. The lowest BCUT2D eigenvalue weighted by Gasteiger charge is -2.33. The van der Waals surface area contributed by atoms with Crippen molar-refractivity contribution in [2.75, 3.05) is 13.2 Å². The van der Waals surface area contributed by atoms with E-state index >= 15 is 0 Å². The molecule has 2 amide bonds. The fraction of sp³-hybridized carbons (Fsp3) is 0.500. The van der Waals surface area contributed by atoms with E-state index in [2.05, 4.69) is 15.4 Å². The van der Waals surface area contributed by atoms with Gasteiger partial charge < -0.3 is 20.4 Å². The van der Waals surface area contributed by atoms with E-state index in [1.165, 1.54) is 6.33 Å². The second kappa shape index (κ2) is 11.4. The van der Waals surface area contributed by atoms with Crippen LogP contribution in [-0.2, 0) is 9.59 Å². The Hall–Kier alpha value is -3.27. The fourth-order valence-electron chi connectivity index (χ4n) is 4.50. The summed E-state index contributed by atoms with van der Waals surface area (Å²) in [5.74, 6) is 0.0337. The highest BCUT2D eigenvalue weighted by Gasteiger charge is 2.35. The zero-order chi connectivity index (χ0) is 22.9. The van der Waals surface area contributed by atoms with Crippen molar-refractivity contribution in [1.82, 2.24) is 25.0 Å². The van der Waals surface area contributed by atoms with E-state index in [-0.39, 0.29) is 42.9 Å². The lowest BCUT2D eigenvalue weighted by atomic mass is 9.85. The van der Waals surface area contributed by atoms with Crippen molar-refractivity contribution < 1.29 is 24.6 Å². The highest BCUT2D eigenvalue weighted by Crippen LogP contribution is 2.29. The number of carboxylic acid groups (broad SMARTS) is 1. The lowest BCUT2D eigenvalue weighted by molar-refractivity contribution is -0.138. The molecular formula is C22H29N5O5. The third kappa shape index (κ3) is 5.50. The van der Waals surface area contributed by atoms with Gasteiger partial charge in [-0.15, -0.1) is 0 Å². The van der Waals surface area contributed by atoms with E-state index in [4.69, 9.17) is 9.90 Å². The third-order valence-corrected chi connectivity index (χ3v) is 6.10. The molecule has 2 aliphatic rings. The van der Waals surface area contributed by atoms with Crippen LogP contribution >= 0.6 is 0 Å². The molecule has 0 spiro atoms. The summed E-state index contributed by atoms with van der Waals surface area (Å²) in [5, 5.41) is 23.6. The van der Waals surface area contributed by atoms with Crippen LogP contribution in [0, 0.1) is 5.92 Å². The third-order valence-electron chi connectivity index (χ3n) is 6.10. The average Bonchev–Trinajstić information content (AvgIpc) is 3.52. The van der Waals surface area contributed by atoms with Crippen molar-refractivity contribution in [3.05, 3.63) is 42.5 Å². The van der Waals surface area contributed by atoms with Gasteiger partial charge >= 0.3 is 0 Å². The van der Waals surface area contributed by atoms with Crippen molar-refractivity contribution in [3.63, 3.8) is 0 Å². The minimum absolute atomic E-state index is 0.00210. The predicted molar refractivity (Wildman–Crippen MR) is 115 cm³/mol. The zero-order valence-electron chi connectivity index (χ0n) is 17.8. The van der Waals surface area contributed by atoms with Crippen molar-refractivity contribution >= 4 is 18.3 Å². The highest BCUT2D eigenvalue weighted by atomic mass is 16.3. The zero-order valence-corrected chi connectivity index (χ0v) is 17.8. The molecule has 1 aromatic heterocycles. The molecule has 2 fully saturated rings. The maximum absolute atomic E-state index is 12.9. The molecule has 1 atom stereocenters. The quantitative estimate of drug-likeness (QED) is 0.591. The Balaban J connectivity index is 0.000000913. The number of hydrogen-bond acceptors (Lipinski definition) is 6. The van der Waals surface area contributed by atoms with Crippen molar-refractivity contribution in [1.29, 1.82) is 0 Å². The van der Waals surface area contributed by atoms with Crippen LogP contribution in [0.3, 0.4) is 0 Å². The standard InChI is InChI=1S/C21H27N5O3.CH2O2/c27-12-17-4-3-11-25(17)21(29)15-7-9-16(10-8-15)24-20(28)18-5-1-2-6-19(18)26-14-22-13-23-26;2-1-3/h1-2,5-6,13-17,27H,3-4,7-12H2,(H,24,28);1H,(H,2,3)/t15?,16?,17-;/m1./s1. The molecule has 172 valence electrons. The number of nitrogens with zero attached hydrogens (tertiary/aromatic N) is 4. The maximum Gasteiger partial charge on any atom is 0.290 e. The van der Waals surface area contributed by atoms with Gasteiger partial charge in [0.2, 0.25) is 5.91 Å². The molecule has 1 aliphatic carbocycles. The number of carbonyl (C=O) groups is 3. The van der Waals surface area contributed by atoms with Gasteiger partial charge in [-0.3, -0.25) is 14.4 Å². The van der Waals surface area contributed by atoms with Gasteiger partial charge in [-0.1, -0.05) is 12.1 Å². The first-order valence-corrected chi connectivity index (χ1v) is 10.8. The van der Waals surface area contributed by atoms with Crippen LogP contribution < -0.4 is 5.32 Å². The largest absolute Gasteiger partial charge is 0.483 e. The van der Waals surface area contributed by atoms with Gasteiger partial charge in [-0.05, 0) is 50.7 Å².